The molecule has 2 rings (SSSR count). The van der Waals surface area contributed by atoms with E-state index in [1.54, 1.807) is 24.3 Å². The van der Waals surface area contributed by atoms with Gasteiger partial charge in [-0.2, -0.15) is 0 Å². The van der Waals surface area contributed by atoms with Crippen molar-refractivity contribution in [3.05, 3.63) is 55.9 Å². The Balaban J connectivity index is 2.19. The van der Waals surface area contributed by atoms with Crippen molar-refractivity contribution in [2.75, 3.05) is 6.54 Å². The molecule has 0 aliphatic heterocycles. The minimum atomic E-state index is -0.127. The number of thiophene rings is 1. The second-order valence-corrected chi connectivity index (χ2v) is 7.47. The van der Waals surface area contributed by atoms with Crippen molar-refractivity contribution in [3.63, 3.8) is 0 Å². The standard InChI is InChI=1S/C16H19BrFNS/c1-3-8-19-15(10-13-6-7-16(17)20-13)12-5-4-11(2)14(18)9-12/h4-7,9,15,19H,3,8,10H2,1-2H3. The average Bonchev–Trinajstić information content (AvgIpc) is 2.83. The SMILES string of the molecule is CCCNC(Cc1ccc(Br)s1)c1ccc(C)c(F)c1. The molecule has 0 aliphatic rings. The third-order valence-corrected chi connectivity index (χ3v) is 4.92. The van der Waals surface area contributed by atoms with Gasteiger partial charge in [-0.1, -0.05) is 19.1 Å². The molecular weight excluding hydrogens is 337 g/mol. The minimum absolute atomic E-state index is 0.127. The van der Waals surface area contributed by atoms with E-state index in [1.807, 2.05) is 12.1 Å². The van der Waals surface area contributed by atoms with Gasteiger partial charge in [0, 0.05) is 17.3 Å². The molecule has 20 heavy (non-hydrogen) atoms. The number of nitrogens with one attached hydrogen (secondary N) is 1. The number of benzene rings is 1. The first kappa shape index (κ1) is 15.7. The molecule has 0 saturated carbocycles. The van der Waals surface area contributed by atoms with Gasteiger partial charge in [-0.3, -0.25) is 0 Å². The summed E-state index contributed by atoms with van der Waals surface area (Å²) in [5.74, 6) is -0.127. The van der Waals surface area contributed by atoms with Gasteiger partial charge in [0.25, 0.3) is 0 Å². The summed E-state index contributed by atoms with van der Waals surface area (Å²) in [5, 5.41) is 3.51. The molecule has 0 saturated heterocycles. The number of hydrogen-bond donors (Lipinski definition) is 1. The maximum absolute atomic E-state index is 13.8. The molecule has 2 aromatic rings. The van der Waals surface area contributed by atoms with E-state index in [4.69, 9.17) is 0 Å². The Hall–Kier alpha value is -0.710. The summed E-state index contributed by atoms with van der Waals surface area (Å²) in [5.41, 5.74) is 1.72. The summed E-state index contributed by atoms with van der Waals surface area (Å²) < 4.78 is 14.9. The van der Waals surface area contributed by atoms with Gasteiger partial charge in [0.1, 0.15) is 5.82 Å². The largest absolute Gasteiger partial charge is 0.310 e. The van der Waals surface area contributed by atoms with Crippen LogP contribution >= 0.6 is 27.3 Å². The second-order valence-electron chi connectivity index (χ2n) is 4.93. The summed E-state index contributed by atoms with van der Waals surface area (Å²) in [4.78, 5) is 1.30. The molecule has 1 unspecified atom stereocenters. The van der Waals surface area contributed by atoms with Gasteiger partial charge in [0.2, 0.25) is 0 Å². The Bertz CT molecular complexity index is 567. The van der Waals surface area contributed by atoms with Crippen molar-refractivity contribution in [2.24, 2.45) is 0 Å². The van der Waals surface area contributed by atoms with Crippen LogP contribution in [0, 0.1) is 12.7 Å². The van der Waals surface area contributed by atoms with Crippen molar-refractivity contribution in [3.8, 4) is 0 Å². The summed E-state index contributed by atoms with van der Waals surface area (Å²) in [6, 6.07) is 9.89. The number of aryl methyl sites for hydroxylation is 1. The Morgan fingerprint density at radius 3 is 2.70 bits per heavy atom. The van der Waals surface area contributed by atoms with Crippen molar-refractivity contribution < 1.29 is 4.39 Å². The normalized spacial score (nSPS) is 12.6. The smallest absolute Gasteiger partial charge is 0.126 e. The van der Waals surface area contributed by atoms with E-state index in [2.05, 4.69) is 40.3 Å². The van der Waals surface area contributed by atoms with E-state index < -0.39 is 0 Å². The first-order valence-corrected chi connectivity index (χ1v) is 8.44. The van der Waals surface area contributed by atoms with Crippen LogP contribution in [-0.4, -0.2) is 6.54 Å². The van der Waals surface area contributed by atoms with E-state index >= 15 is 0 Å². The molecule has 0 spiro atoms. The first-order valence-electron chi connectivity index (χ1n) is 6.83. The van der Waals surface area contributed by atoms with Crippen LogP contribution < -0.4 is 5.32 Å². The molecule has 0 amide bonds. The molecule has 0 bridgehead atoms. The Labute approximate surface area is 132 Å². The van der Waals surface area contributed by atoms with Crippen LogP contribution in [0.2, 0.25) is 0 Å². The molecule has 1 nitrogen and oxygen atoms in total. The maximum Gasteiger partial charge on any atom is 0.126 e. The third-order valence-electron chi connectivity index (χ3n) is 3.27. The highest BCUT2D eigenvalue weighted by Gasteiger charge is 2.14. The zero-order valence-electron chi connectivity index (χ0n) is 11.7. The van der Waals surface area contributed by atoms with Gasteiger partial charge in [0.05, 0.1) is 3.79 Å². The monoisotopic (exact) mass is 355 g/mol. The average molecular weight is 356 g/mol. The summed E-state index contributed by atoms with van der Waals surface area (Å²) in [6.07, 6.45) is 1.96. The van der Waals surface area contributed by atoms with Crippen LogP contribution in [0.15, 0.2) is 34.1 Å². The Morgan fingerprint density at radius 2 is 2.10 bits per heavy atom. The lowest BCUT2D eigenvalue weighted by Crippen LogP contribution is -2.24. The lowest BCUT2D eigenvalue weighted by atomic mass is 10.0. The van der Waals surface area contributed by atoms with E-state index in [0.29, 0.717) is 5.56 Å². The minimum Gasteiger partial charge on any atom is -0.310 e. The van der Waals surface area contributed by atoms with E-state index in [-0.39, 0.29) is 11.9 Å². The molecule has 1 aromatic heterocycles. The van der Waals surface area contributed by atoms with Crippen molar-refractivity contribution >= 4 is 27.3 Å². The van der Waals surface area contributed by atoms with Gasteiger partial charge in [-0.15, -0.1) is 11.3 Å². The van der Waals surface area contributed by atoms with Gasteiger partial charge >= 0.3 is 0 Å². The summed E-state index contributed by atoms with van der Waals surface area (Å²) in [6.45, 7) is 4.87. The van der Waals surface area contributed by atoms with E-state index in [9.17, 15) is 4.39 Å². The highest BCUT2D eigenvalue weighted by molar-refractivity contribution is 9.11. The van der Waals surface area contributed by atoms with Gasteiger partial charge < -0.3 is 5.32 Å². The molecular formula is C16H19BrFNS. The van der Waals surface area contributed by atoms with Gasteiger partial charge in [0.15, 0.2) is 0 Å². The molecule has 1 aromatic carbocycles. The van der Waals surface area contributed by atoms with Crippen molar-refractivity contribution in [1.82, 2.24) is 5.32 Å². The van der Waals surface area contributed by atoms with Crippen LogP contribution in [0.3, 0.4) is 0 Å². The molecule has 0 aliphatic carbocycles. The van der Waals surface area contributed by atoms with E-state index in [1.165, 1.54) is 4.88 Å². The predicted octanol–water partition coefficient (Wildman–Crippen LogP) is 5.24. The van der Waals surface area contributed by atoms with Crippen LogP contribution in [0.1, 0.15) is 35.4 Å². The predicted molar refractivity (Wildman–Crippen MR) is 87.9 cm³/mol. The van der Waals surface area contributed by atoms with Crippen LogP contribution in [0.25, 0.3) is 0 Å². The number of hydrogen-bond acceptors (Lipinski definition) is 2. The zero-order chi connectivity index (χ0) is 14.5. The molecule has 1 heterocycles. The number of halogens is 2. The van der Waals surface area contributed by atoms with Crippen LogP contribution in [0.4, 0.5) is 4.39 Å². The quantitative estimate of drug-likeness (QED) is 0.746. The van der Waals surface area contributed by atoms with Crippen LogP contribution in [0.5, 0.6) is 0 Å². The molecule has 1 atom stereocenters. The molecule has 0 fully saturated rings. The third kappa shape index (κ3) is 4.14. The Morgan fingerprint density at radius 1 is 1.30 bits per heavy atom. The fraction of sp³-hybridized carbons (Fsp3) is 0.375. The lowest BCUT2D eigenvalue weighted by molar-refractivity contribution is 0.526. The molecule has 0 radical (unpaired) electrons. The highest BCUT2D eigenvalue weighted by atomic mass is 79.9. The topological polar surface area (TPSA) is 12.0 Å². The van der Waals surface area contributed by atoms with Gasteiger partial charge in [-0.25, -0.2) is 4.39 Å². The number of rotatable bonds is 6. The second kappa shape index (κ2) is 7.34. The molecule has 108 valence electrons. The molecule has 1 N–H and O–H groups in total. The molecule has 4 heteroatoms. The lowest BCUT2D eigenvalue weighted by Gasteiger charge is -2.19. The fourth-order valence-electron chi connectivity index (χ4n) is 2.11. The maximum atomic E-state index is 13.8. The van der Waals surface area contributed by atoms with E-state index in [0.717, 1.165) is 28.7 Å². The fourth-order valence-corrected chi connectivity index (χ4v) is 3.64. The van der Waals surface area contributed by atoms with Crippen molar-refractivity contribution in [1.29, 1.82) is 0 Å². The highest BCUT2D eigenvalue weighted by Crippen LogP contribution is 2.27. The van der Waals surface area contributed by atoms with Gasteiger partial charge in [-0.05, 0) is 65.1 Å². The first-order chi connectivity index (χ1) is 9.60. The van der Waals surface area contributed by atoms with Crippen molar-refractivity contribution in [2.45, 2.75) is 32.7 Å². The van der Waals surface area contributed by atoms with Crippen LogP contribution in [-0.2, 0) is 6.42 Å². The summed E-state index contributed by atoms with van der Waals surface area (Å²) >= 11 is 5.22. The summed E-state index contributed by atoms with van der Waals surface area (Å²) in [7, 11) is 0. The Kier molecular flexibility index (Phi) is 5.75. The zero-order valence-corrected chi connectivity index (χ0v) is 14.2.